The van der Waals surface area contributed by atoms with Gasteiger partial charge in [-0.25, -0.2) is 4.79 Å². The lowest BCUT2D eigenvalue weighted by atomic mass is 10.1. The molecule has 0 fully saturated rings. The van der Waals surface area contributed by atoms with Gasteiger partial charge in [-0.15, -0.1) is 0 Å². The van der Waals surface area contributed by atoms with Crippen LogP contribution in [0.25, 0.3) is 0 Å². The zero-order valence-electron chi connectivity index (χ0n) is 10.6. The van der Waals surface area contributed by atoms with E-state index in [2.05, 4.69) is 5.32 Å². The van der Waals surface area contributed by atoms with Gasteiger partial charge in [0.05, 0.1) is 5.56 Å². The fraction of sp³-hybridized carbons (Fsp3) is 0.143. The highest BCUT2D eigenvalue weighted by Crippen LogP contribution is 2.17. The van der Waals surface area contributed by atoms with Crippen LogP contribution in [-0.2, 0) is 0 Å². The minimum atomic E-state index is -1.13. The number of aromatic carboxylic acids is 1. The number of benzene rings is 1. The van der Waals surface area contributed by atoms with Crippen LogP contribution >= 0.6 is 0 Å². The van der Waals surface area contributed by atoms with E-state index in [0.717, 1.165) is 17.4 Å². The topological polar surface area (TPSA) is 79.5 Å². The number of carbonyl (C=O) groups excluding carboxylic acids is 1. The monoisotopic (exact) mass is 259 g/mol. The van der Waals surface area contributed by atoms with E-state index >= 15 is 0 Å². The van der Waals surface area contributed by atoms with Gasteiger partial charge in [0.15, 0.2) is 5.76 Å². The molecule has 0 bridgehead atoms. The standard InChI is InChI=1S/C14H13NO4/c1-8-3-4-11(9(2)5-8)15-13(16)12-6-10(7-19-12)14(17)18/h3-7H,1-2H3,(H,15,16)(H,17,18). The molecule has 1 amide bonds. The van der Waals surface area contributed by atoms with Crippen molar-refractivity contribution in [2.75, 3.05) is 5.32 Å². The van der Waals surface area contributed by atoms with E-state index < -0.39 is 11.9 Å². The number of carboxylic acid groups (broad SMARTS) is 1. The molecule has 0 spiro atoms. The molecule has 5 heteroatoms. The van der Waals surface area contributed by atoms with E-state index in [-0.39, 0.29) is 11.3 Å². The molecule has 2 N–H and O–H groups in total. The predicted octanol–water partition coefficient (Wildman–Crippen LogP) is 2.85. The summed E-state index contributed by atoms with van der Waals surface area (Å²) >= 11 is 0. The van der Waals surface area contributed by atoms with Gasteiger partial charge < -0.3 is 14.8 Å². The first kappa shape index (κ1) is 12.9. The second-order valence-corrected chi connectivity index (χ2v) is 4.28. The van der Waals surface area contributed by atoms with Gasteiger partial charge >= 0.3 is 5.97 Å². The van der Waals surface area contributed by atoms with E-state index in [9.17, 15) is 9.59 Å². The van der Waals surface area contributed by atoms with Crippen molar-refractivity contribution in [2.45, 2.75) is 13.8 Å². The molecule has 19 heavy (non-hydrogen) atoms. The summed E-state index contributed by atoms with van der Waals surface area (Å²) < 4.78 is 4.93. The van der Waals surface area contributed by atoms with Gasteiger partial charge in [0.1, 0.15) is 6.26 Å². The normalized spacial score (nSPS) is 10.2. The van der Waals surface area contributed by atoms with Crippen LogP contribution in [0.1, 0.15) is 32.0 Å². The molecule has 0 radical (unpaired) electrons. The van der Waals surface area contributed by atoms with Crippen molar-refractivity contribution in [3.63, 3.8) is 0 Å². The number of furan rings is 1. The Labute approximate surface area is 109 Å². The van der Waals surface area contributed by atoms with Gasteiger partial charge in [0, 0.05) is 11.8 Å². The zero-order chi connectivity index (χ0) is 14.0. The van der Waals surface area contributed by atoms with Crippen LogP contribution in [0.2, 0.25) is 0 Å². The number of rotatable bonds is 3. The minimum absolute atomic E-state index is 0.0302. The summed E-state index contributed by atoms with van der Waals surface area (Å²) in [7, 11) is 0. The molecule has 5 nitrogen and oxygen atoms in total. The molecular formula is C14H13NO4. The lowest BCUT2D eigenvalue weighted by molar-refractivity contribution is 0.0696. The average Bonchev–Trinajstić information content (AvgIpc) is 2.82. The summed E-state index contributed by atoms with van der Waals surface area (Å²) in [6, 6.07) is 6.82. The fourth-order valence-corrected chi connectivity index (χ4v) is 1.71. The molecule has 98 valence electrons. The van der Waals surface area contributed by atoms with Gasteiger partial charge in [-0.2, -0.15) is 0 Å². The molecule has 2 aromatic rings. The quantitative estimate of drug-likeness (QED) is 0.888. The molecule has 0 saturated heterocycles. The van der Waals surface area contributed by atoms with Crippen molar-refractivity contribution in [3.8, 4) is 0 Å². The average molecular weight is 259 g/mol. The fourth-order valence-electron chi connectivity index (χ4n) is 1.71. The number of anilines is 1. The molecule has 0 aliphatic rings. The number of aryl methyl sites for hydroxylation is 2. The summed E-state index contributed by atoms with van der Waals surface area (Å²) in [6.07, 6.45) is 1.04. The third-order valence-electron chi connectivity index (χ3n) is 2.70. The number of amides is 1. The van der Waals surface area contributed by atoms with Crippen molar-refractivity contribution in [1.82, 2.24) is 0 Å². The lowest BCUT2D eigenvalue weighted by Crippen LogP contribution is -2.12. The zero-order valence-corrected chi connectivity index (χ0v) is 10.6. The summed E-state index contributed by atoms with van der Waals surface area (Å²) in [5, 5.41) is 11.4. The molecule has 0 aliphatic heterocycles. The molecule has 0 aliphatic carbocycles. The first-order chi connectivity index (χ1) is 8.97. The van der Waals surface area contributed by atoms with Gasteiger partial charge in [-0.3, -0.25) is 4.79 Å². The summed E-state index contributed by atoms with van der Waals surface area (Å²) in [4.78, 5) is 22.6. The number of nitrogens with one attached hydrogen (secondary N) is 1. The molecule has 1 heterocycles. The van der Waals surface area contributed by atoms with Gasteiger partial charge in [0.25, 0.3) is 5.91 Å². The van der Waals surface area contributed by atoms with Gasteiger partial charge in [-0.05, 0) is 25.5 Å². The van der Waals surface area contributed by atoms with Gasteiger partial charge in [-0.1, -0.05) is 17.7 Å². The Kier molecular flexibility index (Phi) is 3.37. The second-order valence-electron chi connectivity index (χ2n) is 4.28. The van der Waals surface area contributed by atoms with Crippen molar-refractivity contribution in [3.05, 3.63) is 53.0 Å². The molecule has 0 unspecified atom stereocenters. The molecule has 1 aromatic carbocycles. The number of hydrogen-bond donors (Lipinski definition) is 2. The highest BCUT2D eigenvalue weighted by molar-refractivity contribution is 6.04. The largest absolute Gasteiger partial charge is 0.478 e. The maximum absolute atomic E-state index is 11.9. The molecule has 0 saturated carbocycles. The maximum atomic E-state index is 11.9. The Morgan fingerprint density at radius 1 is 1.21 bits per heavy atom. The first-order valence-corrected chi connectivity index (χ1v) is 5.68. The van der Waals surface area contributed by atoms with Crippen LogP contribution in [0.15, 0.2) is 34.9 Å². The number of carboxylic acids is 1. The van der Waals surface area contributed by atoms with Crippen LogP contribution < -0.4 is 5.32 Å². The lowest BCUT2D eigenvalue weighted by Gasteiger charge is -2.07. The molecule has 2 rings (SSSR count). The Morgan fingerprint density at radius 2 is 1.95 bits per heavy atom. The Bertz CT molecular complexity index is 643. The Balaban J connectivity index is 2.18. The third-order valence-corrected chi connectivity index (χ3v) is 2.70. The Hall–Kier alpha value is -2.56. The van der Waals surface area contributed by atoms with E-state index in [4.69, 9.17) is 9.52 Å². The SMILES string of the molecule is Cc1ccc(NC(=O)c2cc(C(=O)O)co2)c(C)c1. The van der Waals surface area contributed by atoms with E-state index in [1.165, 1.54) is 6.07 Å². The predicted molar refractivity (Wildman–Crippen MR) is 69.5 cm³/mol. The smallest absolute Gasteiger partial charge is 0.338 e. The number of carbonyl (C=O) groups is 2. The maximum Gasteiger partial charge on any atom is 0.338 e. The van der Waals surface area contributed by atoms with E-state index in [1.54, 1.807) is 6.07 Å². The second kappa shape index (κ2) is 4.97. The van der Waals surface area contributed by atoms with Crippen LogP contribution in [0.3, 0.4) is 0 Å². The van der Waals surface area contributed by atoms with Crippen LogP contribution in [0.5, 0.6) is 0 Å². The van der Waals surface area contributed by atoms with Crippen LogP contribution in [0, 0.1) is 13.8 Å². The third kappa shape index (κ3) is 2.82. The van der Waals surface area contributed by atoms with Crippen molar-refractivity contribution in [2.24, 2.45) is 0 Å². The summed E-state index contributed by atoms with van der Waals surface area (Å²) in [5.41, 5.74) is 2.65. The molecular weight excluding hydrogens is 246 g/mol. The minimum Gasteiger partial charge on any atom is -0.478 e. The van der Waals surface area contributed by atoms with Crippen molar-refractivity contribution < 1.29 is 19.1 Å². The van der Waals surface area contributed by atoms with Crippen molar-refractivity contribution in [1.29, 1.82) is 0 Å². The number of hydrogen-bond acceptors (Lipinski definition) is 3. The van der Waals surface area contributed by atoms with Crippen LogP contribution in [-0.4, -0.2) is 17.0 Å². The van der Waals surface area contributed by atoms with Crippen molar-refractivity contribution >= 4 is 17.6 Å². The van der Waals surface area contributed by atoms with E-state index in [0.29, 0.717) is 5.69 Å². The molecule has 0 atom stereocenters. The highest BCUT2D eigenvalue weighted by Gasteiger charge is 2.15. The summed E-state index contributed by atoms with van der Waals surface area (Å²) in [5.74, 6) is -1.63. The van der Waals surface area contributed by atoms with Gasteiger partial charge in [0.2, 0.25) is 0 Å². The Morgan fingerprint density at radius 3 is 2.53 bits per heavy atom. The highest BCUT2D eigenvalue weighted by atomic mass is 16.4. The van der Waals surface area contributed by atoms with E-state index in [1.807, 2.05) is 26.0 Å². The van der Waals surface area contributed by atoms with Crippen LogP contribution in [0.4, 0.5) is 5.69 Å². The molecule has 1 aromatic heterocycles. The first-order valence-electron chi connectivity index (χ1n) is 5.68. The summed E-state index contributed by atoms with van der Waals surface area (Å²) in [6.45, 7) is 3.84.